The van der Waals surface area contributed by atoms with Crippen LogP contribution in [0.4, 0.5) is 0 Å². The highest BCUT2D eigenvalue weighted by Gasteiger charge is 2.37. The molecule has 0 aliphatic heterocycles. The molecule has 6 rings (SSSR count). The molecular formula is C33H30O10. The maximum absolute atomic E-state index is 14.3. The Labute approximate surface area is 246 Å². The van der Waals surface area contributed by atoms with Crippen molar-refractivity contribution in [2.45, 2.75) is 12.3 Å². The largest absolute Gasteiger partial charge is 0.507 e. The van der Waals surface area contributed by atoms with E-state index in [1.54, 1.807) is 12.1 Å². The Morgan fingerprint density at radius 3 is 1.86 bits per heavy atom. The van der Waals surface area contributed by atoms with E-state index >= 15 is 0 Å². The SMILES string of the molecule is COc1cc(OC)c(C(c2ccccc2)c2c(O)c(OC)c3oc4c(OC)c5c(c(OC)c4c(=O)c3c2O)C5)cc1OC. The number of hydrogen-bond donors (Lipinski definition) is 2. The van der Waals surface area contributed by atoms with Crippen molar-refractivity contribution in [3.05, 3.63) is 80.5 Å². The minimum Gasteiger partial charge on any atom is -0.507 e. The van der Waals surface area contributed by atoms with Crippen LogP contribution in [0.2, 0.25) is 0 Å². The first-order chi connectivity index (χ1) is 20.8. The predicted molar refractivity (Wildman–Crippen MR) is 159 cm³/mol. The average molecular weight is 587 g/mol. The number of fused-ring (bicyclic) bond motifs is 3. The minimum absolute atomic E-state index is 0.00497. The predicted octanol–water partition coefficient (Wildman–Crippen LogP) is 5.49. The van der Waals surface area contributed by atoms with Gasteiger partial charge in [0.15, 0.2) is 34.2 Å². The average Bonchev–Trinajstić information content (AvgIpc) is 3.82. The fourth-order valence-corrected chi connectivity index (χ4v) is 5.94. The number of benzene rings is 4. The van der Waals surface area contributed by atoms with Crippen LogP contribution in [0.15, 0.2) is 51.7 Å². The first-order valence-electron chi connectivity index (χ1n) is 13.4. The van der Waals surface area contributed by atoms with E-state index in [2.05, 4.69) is 0 Å². The van der Waals surface area contributed by atoms with Crippen LogP contribution in [0.3, 0.4) is 0 Å². The van der Waals surface area contributed by atoms with Gasteiger partial charge in [0, 0.05) is 35.1 Å². The molecule has 10 heteroatoms. The first-order valence-corrected chi connectivity index (χ1v) is 13.4. The number of aromatic hydroxyl groups is 2. The Bertz CT molecular complexity index is 1960. The second-order valence-corrected chi connectivity index (χ2v) is 9.98. The van der Waals surface area contributed by atoms with Gasteiger partial charge in [-0.25, -0.2) is 0 Å². The maximum Gasteiger partial charge on any atom is 0.208 e. The molecule has 43 heavy (non-hydrogen) atoms. The molecule has 0 radical (unpaired) electrons. The fraction of sp³-hybridized carbons (Fsp3) is 0.242. The number of methoxy groups -OCH3 is 6. The lowest BCUT2D eigenvalue weighted by Gasteiger charge is -2.25. The van der Waals surface area contributed by atoms with Crippen molar-refractivity contribution in [1.82, 2.24) is 0 Å². The van der Waals surface area contributed by atoms with Crippen LogP contribution in [0.5, 0.6) is 46.0 Å². The molecule has 1 heterocycles. The topological polar surface area (TPSA) is 126 Å². The molecule has 222 valence electrons. The van der Waals surface area contributed by atoms with Crippen LogP contribution in [0, 0.1) is 0 Å². The summed E-state index contributed by atoms with van der Waals surface area (Å²) in [6.07, 6.45) is 0.571. The van der Waals surface area contributed by atoms with Crippen LogP contribution in [-0.2, 0) is 6.42 Å². The molecule has 1 aromatic heterocycles. The summed E-state index contributed by atoms with van der Waals surface area (Å²) < 4.78 is 39.9. The highest BCUT2D eigenvalue weighted by molar-refractivity contribution is 6.04. The highest BCUT2D eigenvalue weighted by Crippen LogP contribution is 2.55. The summed E-state index contributed by atoms with van der Waals surface area (Å²) >= 11 is 0. The van der Waals surface area contributed by atoms with Gasteiger partial charge in [-0.3, -0.25) is 4.79 Å². The smallest absolute Gasteiger partial charge is 0.208 e. The van der Waals surface area contributed by atoms with Crippen LogP contribution in [0.25, 0.3) is 21.9 Å². The Hall–Kier alpha value is -5.25. The summed E-state index contributed by atoms with van der Waals surface area (Å²) in [5, 5.41) is 23.7. The van der Waals surface area contributed by atoms with Crippen LogP contribution in [-0.4, -0.2) is 52.9 Å². The second-order valence-electron chi connectivity index (χ2n) is 9.98. The van der Waals surface area contributed by atoms with Gasteiger partial charge in [-0.15, -0.1) is 0 Å². The Morgan fingerprint density at radius 2 is 1.26 bits per heavy atom. The number of hydrogen-bond acceptors (Lipinski definition) is 10. The maximum atomic E-state index is 14.3. The van der Waals surface area contributed by atoms with Crippen molar-refractivity contribution in [2.24, 2.45) is 0 Å². The van der Waals surface area contributed by atoms with Crippen molar-refractivity contribution in [3.63, 3.8) is 0 Å². The molecule has 0 spiro atoms. The second kappa shape index (κ2) is 10.5. The molecule has 0 saturated heterocycles. The van der Waals surface area contributed by atoms with E-state index in [9.17, 15) is 15.0 Å². The van der Waals surface area contributed by atoms with E-state index in [-0.39, 0.29) is 33.3 Å². The van der Waals surface area contributed by atoms with Crippen LogP contribution >= 0.6 is 0 Å². The van der Waals surface area contributed by atoms with Crippen molar-refractivity contribution in [1.29, 1.82) is 0 Å². The fourth-order valence-electron chi connectivity index (χ4n) is 5.94. The standard InChI is InChI=1S/C33H30O10/c1-37-19-14-21(39-3)20(38-2)13-18(19)22(15-10-8-7-9-11-15)23-26(34)24-27(35)25-29(40-4)16-12-17(16)30(41-5)32(25)43-31(24)33(42-6)28(23)36/h7-11,13-14,22,34,36H,12H2,1-6H3. The lowest BCUT2D eigenvalue weighted by atomic mass is 9.82. The molecule has 4 aromatic carbocycles. The Kier molecular flexibility index (Phi) is 6.84. The molecule has 1 aliphatic rings. The zero-order chi connectivity index (χ0) is 30.6. The Morgan fingerprint density at radius 1 is 0.674 bits per heavy atom. The van der Waals surface area contributed by atoms with E-state index in [1.807, 2.05) is 30.3 Å². The molecule has 1 unspecified atom stereocenters. The lowest BCUT2D eigenvalue weighted by molar-refractivity contribution is 0.346. The number of ether oxygens (including phenoxy) is 6. The zero-order valence-corrected chi connectivity index (χ0v) is 24.5. The van der Waals surface area contributed by atoms with Crippen molar-refractivity contribution < 1.29 is 43.1 Å². The summed E-state index contributed by atoms with van der Waals surface area (Å²) in [6, 6.07) is 12.5. The van der Waals surface area contributed by atoms with Gasteiger partial charge in [0.2, 0.25) is 11.2 Å². The summed E-state index contributed by atoms with van der Waals surface area (Å²) in [4.78, 5) is 14.3. The van der Waals surface area contributed by atoms with Gasteiger partial charge in [-0.2, -0.15) is 0 Å². The van der Waals surface area contributed by atoms with Crippen molar-refractivity contribution >= 4 is 21.9 Å². The van der Waals surface area contributed by atoms with Crippen LogP contribution < -0.4 is 33.8 Å². The zero-order valence-electron chi connectivity index (χ0n) is 24.5. The van der Waals surface area contributed by atoms with Gasteiger partial charge >= 0.3 is 0 Å². The third-order valence-electron chi connectivity index (χ3n) is 7.94. The third-order valence-corrected chi connectivity index (χ3v) is 7.94. The Balaban J connectivity index is 1.78. The van der Waals surface area contributed by atoms with Crippen molar-refractivity contribution in [3.8, 4) is 46.0 Å². The normalized spacial score (nSPS) is 12.5. The van der Waals surface area contributed by atoms with Gasteiger partial charge in [0.1, 0.15) is 28.0 Å². The first kappa shape index (κ1) is 27.9. The van der Waals surface area contributed by atoms with Gasteiger partial charge in [-0.05, 0) is 11.6 Å². The van der Waals surface area contributed by atoms with E-state index < -0.39 is 22.8 Å². The molecule has 0 fully saturated rings. The van der Waals surface area contributed by atoms with E-state index in [0.29, 0.717) is 46.3 Å². The lowest BCUT2D eigenvalue weighted by Crippen LogP contribution is -2.11. The van der Waals surface area contributed by atoms with Gasteiger partial charge in [-0.1, -0.05) is 30.3 Å². The molecule has 10 nitrogen and oxygen atoms in total. The number of phenolic OH excluding ortho intramolecular Hbond substituents is 2. The molecule has 1 atom stereocenters. The van der Waals surface area contributed by atoms with Gasteiger partial charge in [0.05, 0.1) is 48.2 Å². The van der Waals surface area contributed by atoms with E-state index in [1.165, 1.54) is 42.7 Å². The monoisotopic (exact) mass is 586 g/mol. The molecular weight excluding hydrogens is 556 g/mol. The third kappa shape index (κ3) is 4.04. The van der Waals surface area contributed by atoms with Gasteiger partial charge in [0.25, 0.3) is 0 Å². The minimum atomic E-state index is -0.866. The van der Waals surface area contributed by atoms with Crippen molar-refractivity contribution in [2.75, 3.05) is 42.7 Å². The van der Waals surface area contributed by atoms with E-state index in [4.69, 9.17) is 32.8 Å². The van der Waals surface area contributed by atoms with E-state index in [0.717, 1.165) is 11.1 Å². The number of rotatable bonds is 9. The summed E-state index contributed by atoms with van der Waals surface area (Å²) in [6.45, 7) is 0. The molecule has 0 saturated carbocycles. The molecule has 0 bridgehead atoms. The number of phenols is 2. The van der Waals surface area contributed by atoms with Gasteiger partial charge < -0.3 is 43.1 Å². The summed E-state index contributed by atoms with van der Waals surface area (Å²) in [7, 11) is 8.82. The molecule has 0 amide bonds. The highest BCUT2D eigenvalue weighted by atomic mass is 16.5. The summed E-state index contributed by atoms with van der Waals surface area (Å²) in [5.41, 5.74) is 2.34. The molecule has 2 N–H and O–H groups in total. The quantitative estimate of drug-likeness (QED) is 0.166. The molecule has 5 aromatic rings. The summed E-state index contributed by atoms with van der Waals surface area (Å²) in [5.74, 6) is 0.0665. The van der Waals surface area contributed by atoms with Crippen LogP contribution in [0.1, 0.15) is 33.7 Å². The molecule has 1 aliphatic carbocycles.